The summed E-state index contributed by atoms with van der Waals surface area (Å²) in [7, 11) is 0. The van der Waals surface area contributed by atoms with Crippen LogP contribution < -0.4 is 10.2 Å². The molecule has 3 rings (SSSR count). The number of nitrogens with one attached hydrogen (secondary N) is 1. The molecule has 110 valence electrons. The minimum absolute atomic E-state index is 0.243. The van der Waals surface area contributed by atoms with Crippen molar-refractivity contribution in [2.45, 2.75) is 6.92 Å². The molecule has 0 aromatic heterocycles. The molecule has 0 saturated carbocycles. The quantitative estimate of drug-likeness (QED) is 0.678. The number of hydrogen-bond donors (Lipinski definition) is 1. The fourth-order valence-corrected chi connectivity index (χ4v) is 2.32. The highest BCUT2D eigenvalue weighted by Crippen LogP contribution is 2.23. The summed E-state index contributed by atoms with van der Waals surface area (Å²) in [6.45, 7) is 1.95. The first-order valence-electron chi connectivity index (χ1n) is 6.74. The van der Waals surface area contributed by atoms with Crippen molar-refractivity contribution in [2.24, 2.45) is 0 Å². The van der Waals surface area contributed by atoms with Gasteiger partial charge in [-0.25, -0.2) is 9.69 Å². The molecule has 22 heavy (non-hydrogen) atoms. The van der Waals surface area contributed by atoms with Gasteiger partial charge in [0.2, 0.25) is 0 Å². The molecule has 1 saturated heterocycles. The zero-order valence-electron chi connectivity index (χ0n) is 11.8. The van der Waals surface area contributed by atoms with E-state index < -0.39 is 6.03 Å². The molecule has 0 radical (unpaired) electrons. The first-order chi connectivity index (χ1) is 10.5. The Balaban J connectivity index is 1.91. The third-order valence-electron chi connectivity index (χ3n) is 3.35. The van der Waals surface area contributed by atoms with E-state index in [1.807, 2.05) is 19.1 Å². The zero-order chi connectivity index (χ0) is 15.7. The number of imide groups is 1. The number of carbonyl (C=O) groups excluding carboxylic acids is 2. The van der Waals surface area contributed by atoms with Gasteiger partial charge >= 0.3 is 6.03 Å². The number of benzene rings is 2. The Hall–Kier alpha value is -2.59. The van der Waals surface area contributed by atoms with Crippen LogP contribution in [0.25, 0.3) is 6.08 Å². The van der Waals surface area contributed by atoms with Crippen LogP contribution in [0.2, 0.25) is 5.02 Å². The van der Waals surface area contributed by atoms with E-state index in [0.717, 1.165) is 16.0 Å². The van der Waals surface area contributed by atoms with Crippen LogP contribution in [-0.2, 0) is 4.79 Å². The van der Waals surface area contributed by atoms with Crippen LogP contribution in [0, 0.1) is 6.92 Å². The monoisotopic (exact) mass is 312 g/mol. The van der Waals surface area contributed by atoms with Gasteiger partial charge in [-0.2, -0.15) is 0 Å². The normalized spacial score (nSPS) is 16.3. The number of rotatable bonds is 2. The molecule has 1 heterocycles. The predicted octanol–water partition coefficient (Wildman–Crippen LogP) is 3.75. The van der Waals surface area contributed by atoms with Crippen LogP contribution in [0.3, 0.4) is 0 Å². The Labute approximate surface area is 133 Å². The van der Waals surface area contributed by atoms with E-state index in [0.29, 0.717) is 10.7 Å². The average Bonchev–Trinajstić information content (AvgIpc) is 2.77. The van der Waals surface area contributed by atoms with E-state index in [9.17, 15) is 9.59 Å². The lowest BCUT2D eigenvalue weighted by Crippen LogP contribution is -2.30. The summed E-state index contributed by atoms with van der Waals surface area (Å²) in [4.78, 5) is 25.6. The lowest BCUT2D eigenvalue weighted by molar-refractivity contribution is -0.113. The number of carbonyl (C=O) groups is 2. The van der Waals surface area contributed by atoms with Crippen LogP contribution in [0.1, 0.15) is 11.1 Å². The summed E-state index contributed by atoms with van der Waals surface area (Å²) in [5.74, 6) is -0.371. The first-order valence-corrected chi connectivity index (χ1v) is 7.12. The average molecular weight is 313 g/mol. The Morgan fingerprint density at radius 1 is 1.00 bits per heavy atom. The lowest BCUT2D eigenvalue weighted by atomic mass is 10.2. The molecule has 0 aliphatic carbocycles. The highest BCUT2D eigenvalue weighted by molar-refractivity contribution is 6.30. The summed E-state index contributed by atoms with van der Waals surface area (Å²) in [5, 5.41) is 3.21. The number of anilines is 1. The van der Waals surface area contributed by atoms with Crippen LogP contribution >= 0.6 is 11.6 Å². The third-order valence-corrected chi connectivity index (χ3v) is 3.60. The van der Waals surface area contributed by atoms with E-state index in [2.05, 4.69) is 5.32 Å². The van der Waals surface area contributed by atoms with Crippen LogP contribution in [0.4, 0.5) is 10.5 Å². The maximum atomic E-state index is 12.4. The zero-order valence-corrected chi connectivity index (χ0v) is 12.6. The molecular weight excluding hydrogens is 300 g/mol. The van der Waals surface area contributed by atoms with Crippen molar-refractivity contribution in [3.63, 3.8) is 0 Å². The van der Waals surface area contributed by atoms with Crippen LogP contribution in [0.15, 0.2) is 54.2 Å². The van der Waals surface area contributed by atoms with Gasteiger partial charge in [-0.1, -0.05) is 41.4 Å². The standard InChI is InChI=1S/C17H13ClN2O2/c1-11-2-8-14(9-3-11)20-16(21)15(19-17(20)22)10-12-4-6-13(18)7-5-12/h2-10H,1H3,(H,19,22)/b15-10-. The number of halogens is 1. The number of nitrogens with zero attached hydrogens (tertiary/aromatic N) is 1. The van der Waals surface area contributed by atoms with Crippen molar-refractivity contribution in [3.8, 4) is 0 Å². The molecule has 1 N–H and O–H groups in total. The molecule has 0 atom stereocenters. The molecule has 5 heteroatoms. The van der Waals surface area contributed by atoms with E-state index in [4.69, 9.17) is 11.6 Å². The van der Waals surface area contributed by atoms with Gasteiger partial charge in [-0.15, -0.1) is 0 Å². The maximum Gasteiger partial charge on any atom is 0.333 e. The largest absolute Gasteiger partial charge is 0.333 e. The van der Waals surface area contributed by atoms with Crippen molar-refractivity contribution in [3.05, 3.63) is 70.4 Å². The van der Waals surface area contributed by atoms with E-state index >= 15 is 0 Å². The van der Waals surface area contributed by atoms with Crippen LogP contribution in [0.5, 0.6) is 0 Å². The van der Waals surface area contributed by atoms with E-state index in [-0.39, 0.29) is 11.6 Å². The minimum Gasteiger partial charge on any atom is -0.302 e. The molecular formula is C17H13ClN2O2. The highest BCUT2D eigenvalue weighted by atomic mass is 35.5. The van der Waals surface area contributed by atoms with Gasteiger partial charge in [0, 0.05) is 5.02 Å². The number of amides is 3. The lowest BCUT2D eigenvalue weighted by Gasteiger charge is -2.11. The van der Waals surface area contributed by atoms with E-state index in [1.54, 1.807) is 42.5 Å². The number of hydrogen-bond acceptors (Lipinski definition) is 2. The smallest absolute Gasteiger partial charge is 0.302 e. The molecule has 1 aliphatic rings. The predicted molar refractivity (Wildman–Crippen MR) is 86.6 cm³/mol. The van der Waals surface area contributed by atoms with Gasteiger partial charge in [0.15, 0.2) is 0 Å². The summed E-state index contributed by atoms with van der Waals surface area (Å²) >= 11 is 5.83. The summed E-state index contributed by atoms with van der Waals surface area (Å²) in [5.41, 5.74) is 2.65. The molecule has 0 unspecified atom stereocenters. The molecule has 0 spiro atoms. The van der Waals surface area contributed by atoms with Gasteiger partial charge in [-0.3, -0.25) is 4.79 Å². The Bertz CT molecular complexity index is 764. The van der Waals surface area contributed by atoms with Gasteiger partial charge in [-0.05, 0) is 42.8 Å². The van der Waals surface area contributed by atoms with E-state index in [1.165, 1.54) is 0 Å². The van der Waals surface area contributed by atoms with Gasteiger partial charge in [0.05, 0.1) is 5.69 Å². The summed E-state index contributed by atoms with van der Waals surface area (Å²) in [6, 6.07) is 13.8. The van der Waals surface area contributed by atoms with Crippen molar-refractivity contribution in [1.29, 1.82) is 0 Å². The van der Waals surface area contributed by atoms with Crippen molar-refractivity contribution < 1.29 is 9.59 Å². The van der Waals surface area contributed by atoms with Gasteiger partial charge < -0.3 is 5.32 Å². The second-order valence-electron chi connectivity index (χ2n) is 5.02. The molecule has 1 aliphatic heterocycles. The molecule has 1 fully saturated rings. The second-order valence-corrected chi connectivity index (χ2v) is 5.45. The molecule has 2 aromatic rings. The third kappa shape index (κ3) is 2.73. The fourth-order valence-electron chi connectivity index (χ4n) is 2.19. The number of urea groups is 1. The van der Waals surface area contributed by atoms with Crippen molar-refractivity contribution in [1.82, 2.24) is 5.32 Å². The van der Waals surface area contributed by atoms with Gasteiger partial charge in [0.25, 0.3) is 5.91 Å². The summed E-state index contributed by atoms with van der Waals surface area (Å²) < 4.78 is 0. The Kier molecular flexibility index (Phi) is 3.69. The second kappa shape index (κ2) is 5.66. The van der Waals surface area contributed by atoms with Crippen molar-refractivity contribution in [2.75, 3.05) is 4.90 Å². The fraction of sp³-hybridized carbons (Fsp3) is 0.0588. The molecule has 0 bridgehead atoms. The Morgan fingerprint density at radius 3 is 2.27 bits per heavy atom. The minimum atomic E-state index is -0.450. The number of aryl methyl sites for hydroxylation is 1. The van der Waals surface area contributed by atoms with Gasteiger partial charge in [0.1, 0.15) is 5.70 Å². The van der Waals surface area contributed by atoms with Crippen molar-refractivity contribution >= 4 is 35.3 Å². The molecule has 3 amide bonds. The SMILES string of the molecule is Cc1ccc(N2C(=O)N/C(=C\c3ccc(Cl)cc3)C2=O)cc1. The molecule has 4 nitrogen and oxygen atoms in total. The summed E-state index contributed by atoms with van der Waals surface area (Å²) in [6.07, 6.45) is 1.63. The van der Waals surface area contributed by atoms with Crippen LogP contribution in [-0.4, -0.2) is 11.9 Å². The topological polar surface area (TPSA) is 49.4 Å². The highest BCUT2D eigenvalue weighted by Gasteiger charge is 2.34. The first kappa shape index (κ1) is 14.4. The maximum absolute atomic E-state index is 12.4. The molecule has 2 aromatic carbocycles. The Morgan fingerprint density at radius 2 is 1.64 bits per heavy atom.